The van der Waals surface area contributed by atoms with Gasteiger partial charge in [0.15, 0.2) is 0 Å². The molecule has 3 unspecified atom stereocenters. The number of esters is 2. The van der Waals surface area contributed by atoms with Gasteiger partial charge in [-0.1, -0.05) is 35.5 Å². The Hall–Kier alpha value is -4.22. The van der Waals surface area contributed by atoms with E-state index in [0.29, 0.717) is 11.1 Å². The first-order valence-corrected chi connectivity index (χ1v) is 11.8. The van der Waals surface area contributed by atoms with Crippen molar-refractivity contribution in [3.8, 4) is 5.75 Å². The number of phenols is 1. The third kappa shape index (κ3) is 10.0. The van der Waals surface area contributed by atoms with E-state index in [1.54, 1.807) is 25.1 Å². The normalized spacial score (nSPS) is 22.2. The molecule has 1 aliphatic rings. The Labute approximate surface area is 220 Å². The minimum atomic E-state index is -1.02. The molecule has 11 nitrogen and oxygen atoms in total. The first-order chi connectivity index (χ1) is 18.2. The van der Waals surface area contributed by atoms with Crippen molar-refractivity contribution in [2.24, 2.45) is 5.16 Å². The van der Waals surface area contributed by atoms with Gasteiger partial charge in [0.2, 0.25) is 5.91 Å². The summed E-state index contributed by atoms with van der Waals surface area (Å²) in [7, 11) is 1.37. The van der Waals surface area contributed by atoms with Crippen molar-refractivity contribution < 1.29 is 44.0 Å². The van der Waals surface area contributed by atoms with E-state index in [2.05, 4.69) is 15.3 Å². The number of allylic oxidation sites excluding steroid dienone is 2. The number of nitrogens with zero attached hydrogens (tertiary/aromatic N) is 1. The van der Waals surface area contributed by atoms with Crippen LogP contribution in [0.1, 0.15) is 35.7 Å². The largest absolute Gasteiger partial charge is 0.507 e. The van der Waals surface area contributed by atoms with E-state index < -0.39 is 42.8 Å². The topological polar surface area (TPSA) is 164 Å². The number of fused-ring (bicyclic) bond motifs is 1. The van der Waals surface area contributed by atoms with Crippen LogP contribution >= 0.6 is 0 Å². The smallest absolute Gasteiger partial charge is 0.342 e. The van der Waals surface area contributed by atoms with Gasteiger partial charge in [-0.2, -0.15) is 0 Å². The minimum Gasteiger partial charge on any atom is -0.507 e. The molecule has 0 spiro atoms. The molecule has 11 heteroatoms. The van der Waals surface area contributed by atoms with Crippen molar-refractivity contribution in [1.29, 1.82) is 0 Å². The molecule has 0 aliphatic carbocycles. The summed E-state index contributed by atoms with van der Waals surface area (Å²) >= 11 is 0. The van der Waals surface area contributed by atoms with Gasteiger partial charge < -0.3 is 34.9 Å². The molecule has 1 amide bonds. The highest BCUT2D eigenvalue weighted by Crippen LogP contribution is 2.25. The van der Waals surface area contributed by atoms with Crippen LogP contribution in [0.4, 0.5) is 0 Å². The Morgan fingerprint density at radius 2 is 2.05 bits per heavy atom. The minimum absolute atomic E-state index is 0.0241. The highest BCUT2D eigenvalue weighted by atomic mass is 16.6. The molecule has 0 bridgehead atoms. The quantitative estimate of drug-likeness (QED) is 0.136. The van der Waals surface area contributed by atoms with E-state index in [1.807, 2.05) is 0 Å². The number of carbonyl (C=O) groups excluding carboxylic acids is 3. The van der Waals surface area contributed by atoms with E-state index >= 15 is 0 Å². The van der Waals surface area contributed by atoms with Crippen LogP contribution in [0.3, 0.4) is 0 Å². The number of hydrogen-bond donors (Lipinski definition) is 4. The number of oxime groups is 1. The molecule has 38 heavy (non-hydrogen) atoms. The maximum absolute atomic E-state index is 13.1. The second-order valence-electron chi connectivity index (χ2n) is 8.18. The number of rotatable bonds is 7. The molecule has 3 atom stereocenters. The predicted octanol–water partition coefficient (Wildman–Crippen LogP) is 1.84. The maximum atomic E-state index is 13.1. The third-order valence-corrected chi connectivity index (χ3v) is 5.32. The molecule has 0 fully saturated rings. The summed E-state index contributed by atoms with van der Waals surface area (Å²) in [5.41, 5.74) is 0.942. The molecule has 0 aromatic heterocycles. The molecule has 1 aliphatic heterocycles. The number of carbonyl (C=O) groups is 3. The lowest BCUT2D eigenvalue weighted by molar-refractivity contribution is -0.150. The van der Waals surface area contributed by atoms with Crippen molar-refractivity contribution in [2.45, 2.75) is 44.5 Å². The molecular weight excluding hydrogens is 496 g/mol. The highest BCUT2D eigenvalue weighted by Gasteiger charge is 2.25. The summed E-state index contributed by atoms with van der Waals surface area (Å²) in [6.45, 7) is 1.16. The summed E-state index contributed by atoms with van der Waals surface area (Å²) in [6, 6.07) is 4.57. The lowest BCUT2D eigenvalue weighted by Gasteiger charge is -2.19. The van der Waals surface area contributed by atoms with Gasteiger partial charge in [0.1, 0.15) is 30.6 Å². The average molecular weight is 529 g/mol. The van der Waals surface area contributed by atoms with Crippen LogP contribution in [0.2, 0.25) is 0 Å². The number of ether oxygens (including phenoxy) is 2. The Bertz CT molecular complexity index is 1120. The molecular formula is C27H32N2O9. The lowest BCUT2D eigenvalue weighted by Crippen LogP contribution is -2.27. The van der Waals surface area contributed by atoms with E-state index in [-0.39, 0.29) is 30.6 Å². The van der Waals surface area contributed by atoms with Gasteiger partial charge >= 0.3 is 11.9 Å². The second-order valence-corrected chi connectivity index (χ2v) is 8.18. The number of benzene rings is 1. The maximum Gasteiger partial charge on any atom is 0.342 e. The van der Waals surface area contributed by atoms with Crippen LogP contribution in [-0.4, -0.2) is 71.4 Å². The number of hydrogen-bond acceptors (Lipinski definition) is 10. The van der Waals surface area contributed by atoms with Gasteiger partial charge in [0.25, 0.3) is 0 Å². The SMILES string of the molecule is CO/N=C/C=C\C(=O)N/C=C/CC1CC(=O)OC(CO)/C=C/C(O)C(C)=CCc2cccc(O)c2C(=O)O1. The van der Waals surface area contributed by atoms with Gasteiger partial charge in [-0.15, -0.1) is 0 Å². The second kappa shape index (κ2) is 15.8. The third-order valence-electron chi connectivity index (χ3n) is 5.32. The van der Waals surface area contributed by atoms with Crippen molar-refractivity contribution in [1.82, 2.24) is 5.32 Å². The number of phenolic OH excluding ortho intramolecular Hbond substituents is 1. The predicted molar refractivity (Wildman–Crippen MR) is 138 cm³/mol. The van der Waals surface area contributed by atoms with Crippen LogP contribution < -0.4 is 5.32 Å². The number of aromatic hydroxyl groups is 1. The highest BCUT2D eigenvalue weighted by molar-refractivity contribution is 5.94. The van der Waals surface area contributed by atoms with Gasteiger partial charge in [-0.25, -0.2) is 4.79 Å². The summed E-state index contributed by atoms with van der Waals surface area (Å²) in [5, 5.41) is 36.3. The van der Waals surface area contributed by atoms with Gasteiger partial charge in [-0.3, -0.25) is 9.59 Å². The van der Waals surface area contributed by atoms with Gasteiger partial charge in [-0.05, 0) is 42.7 Å². The van der Waals surface area contributed by atoms with Crippen molar-refractivity contribution in [3.05, 3.63) is 77.6 Å². The molecule has 0 saturated heterocycles. The molecule has 1 aromatic carbocycles. The van der Waals surface area contributed by atoms with Crippen LogP contribution in [0, 0.1) is 0 Å². The first kappa shape index (κ1) is 30.0. The molecule has 4 N–H and O–H groups in total. The Morgan fingerprint density at radius 3 is 2.79 bits per heavy atom. The Kier molecular flexibility index (Phi) is 12.5. The zero-order valence-corrected chi connectivity index (χ0v) is 21.1. The number of cyclic esters (lactones) is 2. The Morgan fingerprint density at radius 1 is 1.26 bits per heavy atom. The fraction of sp³-hybridized carbons (Fsp3) is 0.333. The van der Waals surface area contributed by atoms with Crippen LogP contribution in [0.5, 0.6) is 5.75 Å². The zero-order valence-electron chi connectivity index (χ0n) is 21.1. The van der Waals surface area contributed by atoms with Gasteiger partial charge in [0.05, 0.1) is 25.3 Å². The number of nitrogens with one attached hydrogen (secondary N) is 1. The number of aliphatic hydroxyl groups is 2. The standard InChI is InChI=1S/C27H32N2O9/c1-18-10-11-19-6-3-8-23(32)26(19)27(35)38-20(7-4-14-28-24(33)9-5-15-29-36-2)16-25(34)37-21(17-30)12-13-22(18)31/h3-6,8-10,12-15,20-22,30-32H,7,11,16-17H2,1-2H3,(H,28,33)/b9-5-,13-12+,14-4+,18-10?,29-15+. The van der Waals surface area contributed by atoms with Crippen LogP contribution in [0.25, 0.3) is 0 Å². The fourth-order valence-corrected chi connectivity index (χ4v) is 3.32. The van der Waals surface area contributed by atoms with Crippen molar-refractivity contribution >= 4 is 24.1 Å². The first-order valence-electron chi connectivity index (χ1n) is 11.8. The van der Waals surface area contributed by atoms with Crippen molar-refractivity contribution in [2.75, 3.05) is 13.7 Å². The summed E-state index contributed by atoms with van der Waals surface area (Å²) in [4.78, 5) is 41.9. The van der Waals surface area contributed by atoms with E-state index in [9.17, 15) is 29.7 Å². The average Bonchev–Trinajstić information content (AvgIpc) is 2.89. The summed E-state index contributed by atoms with van der Waals surface area (Å²) in [6.07, 6.45) is 7.96. The summed E-state index contributed by atoms with van der Waals surface area (Å²) in [5.74, 6) is -2.37. The fourth-order valence-electron chi connectivity index (χ4n) is 3.32. The molecule has 1 heterocycles. The molecule has 2 rings (SSSR count). The van der Waals surface area contributed by atoms with Gasteiger partial charge in [0, 0.05) is 18.7 Å². The monoisotopic (exact) mass is 528 g/mol. The molecule has 0 radical (unpaired) electrons. The molecule has 1 aromatic rings. The van der Waals surface area contributed by atoms with Crippen LogP contribution in [0.15, 0.2) is 71.6 Å². The van der Waals surface area contributed by atoms with Crippen LogP contribution in [-0.2, 0) is 30.3 Å². The zero-order chi connectivity index (χ0) is 27.9. The van der Waals surface area contributed by atoms with E-state index in [0.717, 1.165) is 0 Å². The van der Waals surface area contributed by atoms with E-state index in [1.165, 1.54) is 56.0 Å². The van der Waals surface area contributed by atoms with E-state index in [4.69, 9.17) is 9.47 Å². The Balaban J connectivity index is 2.28. The van der Waals surface area contributed by atoms with Crippen molar-refractivity contribution in [3.63, 3.8) is 0 Å². The summed E-state index contributed by atoms with van der Waals surface area (Å²) < 4.78 is 10.8. The number of aliphatic hydroxyl groups excluding tert-OH is 2. The lowest BCUT2D eigenvalue weighted by atomic mass is 10.0. The molecule has 204 valence electrons. The number of amides is 1. The molecule has 0 saturated carbocycles.